The second-order valence-electron chi connectivity index (χ2n) is 4.64. The maximum absolute atomic E-state index is 11.6. The van der Waals surface area contributed by atoms with E-state index in [2.05, 4.69) is 16.4 Å². The molecule has 2 rings (SSSR count). The number of thioether (sulfide) groups is 1. The molecule has 1 unspecified atom stereocenters. The quantitative estimate of drug-likeness (QED) is 0.772. The van der Waals surface area contributed by atoms with Gasteiger partial charge in [0, 0.05) is 25.3 Å². The van der Waals surface area contributed by atoms with Crippen LogP contribution in [0.5, 0.6) is 0 Å². The summed E-state index contributed by atoms with van der Waals surface area (Å²) in [6, 6.07) is 8.04. The van der Waals surface area contributed by atoms with Gasteiger partial charge < -0.3 is 10.4 Å². The minimum Gasteiger partial charge on any atom is -0.396 e. The summed E-state index contributed by atoms with van der Waals surface area (Å²) in [5.74, 6) is 0.855. The molecule has 0 aliphatic carbocycles. The molecule has 0 saturated carbocycles. The Balaban J connectivity index is 1.74. The Kier molecular flexibility index (Phi) is 5.82. The smallest absolute Gasteiger partial charge is 0.220 e. The van der Waals surface area contributed by atoms with Gasteiger partial charge in [0.15, 0.2) is 4.34 Å². The predicted molar refractivity (Wildman–Crippen MR) is 84.2 cm³/mol. The molecule has 1 aromatic heterocycles. The van der Waals surface area contributed by atoms with E-state index in [1.165, 1.54) is 4.70 Å². The molecule has 0 aliphatic heterocycles. The normalized spacial score (nSPS) is 12.5. The predicted octanol–water partition coefficient (Wildman–Crippen LogP) is 2.52. The first-order valence-electron chi connectivity index (χ1n) is 6.55. The number of hydrogen-bond donors (Lipinski definition) is 2. The SMILES string of the molecule is CC(CO)CNC(=O)CCSc1nc2ccccc2s1. The van der Waals surface area contributed by atoms with Crippen LogP contribution in [0.1, 0.15) is 13.3 Å². The monoisotopic (exact) mass is 310 g/mol. The number of carbonyl (C=O) groups is 1. The molecule has 1 amide bonds. The minimum atomic E-state index is 0.0268. The molecule has 2 aromatic rings. The van der Waals surface area contributed by atoms with Gasteiger partial charge in [-0.05, 0) is 18.1 Å². The van der Waals surface area contributed by atoms with E-state index >= 15 is 0 Å². The van der Waals surface area contributed by atoms with E-state index in [-0.39, 0.29) is 18.4 Å². The van der Waals surface area contributed by atoms with Crippen molar-refractivity contribution in [2.45, 2.75) is 17.7 Å². The van der Waals surface area contributed by atoms with Crippen molar-refractivity contribution in [3.63, 3.8) is 0 Å². The fraction of sp³-hybridized carbons (Fsp3) is 0.429. The van der Waals surface area contributed by atoms with Crippen LogP contribution in [0.15, 0.2) is 28.6 Å². The number of fused-ring (bicyclic) bond motifs is 1. The van der Waals surface area contributed by atoms with Gasteiger partial charge in [0.2, 0.25) is 5.91 Å². The molecular formula is C14H18N2O2S2. The van der Waals surface area contributed by atoms with Crippen LogP contribution in [-0.4, -0.2) is 34.9 Å². The molecule has 1 atom stereocenters. The zero-order valence-corrected chi connectivity index (χ0v) is 13.0. The number of nitrogens with one attached hydrogen (secondary N) is 1. The van der Waals surface area contributed by atoms with Gasteiger partial charge in [-0.25, -0.2) is 4.98 Å². The van der Waals surface area contributed by atoms with Crippen LogP contribution in [0.3, 0.4) is 0 Å². The van der Waals surface area contributed by atoms with Crippen LogP contribution in [-0.2, 0) is 4.79 Å². The first-order valence-corrected chi connectivity index (χ1v) is 8.35. The molecule has 20 heavy (non-hydrogen) atoms. The van der Waals surface area contributed by atoms with Crippen LogP contribution in [0.2, 0.25) is 0 Å². The van der Waals surface area contributed by atoms with Gasteiger partial charge >= 0.3 is 0 Å². The molecule has 6 heteroatoms. The highest BCUT2D eigenvalue weighted by Gasteiger charge is 2.07. The van der Waals surface area contributed by atoms with Crippen molar-refractivity contribution in [1.82, 2.24) is 10.3 Å². The maximum Gasteiger partial charge on any atom is 0.220 e. The fourth-order valence-corrected chi connectivity index (χ4v) is 3.66. The van der Waals surface area contributed by atoms with Crippen molar-refractivity contribution in [2.24, 2.45) is 5.92 Å². The van der Waals surface area contributed by atoms with E-state index in [4.69, 9.17) is 5.11 Å². The van der Waals surface area contributed by atoms with Crippen molar-refractivity contribution in [2.75, 3.05) is 18.9 Å². The van der Waals surface area contributed by atoms with E-state index in [9.17, 15) is 4.79 Å². The lowest BCUT2D eigenvalue weighted by Crippen LogP contribution is -2.29. The Morgan fingerprint density at radius 1 is 1.50 bits per heavy atom. The molecule has 108 valence electrons. The second-order valence-corrected chi connectivity index (χ2v) is 7.01. The second kappa shape index (κ2) is 7.61. The maximum atomic E-state index is 11.6. The largest absolute Gasteiger partial charge is 0.396 e. The summed E-state index contributed by atoms with van der Waals surface area (Å²) in [6.07, 6.45) is 0.471. The average molecular weight is 310 g/mol. The molecule has 0 fully saturated rings. The van der Waals surface area contributed by atoms with Crippen LogP contribution in [0.25, 0.3) is 10.2 Å². The summed E-state index contributed by atoms with van der Waals surface area (Å²) in [5, 5.41) is 11.7. The molecule has 1 aromatic carbocycles. The Morgan fingerprint density at radius 3 is 3.05 bits per heavy atom. The summed E-state index contributed by atoms with van der Waals surface area (Å²) >= 11 is 3.27. The first kappa shape index (κ1) is 15.3. The Bertz CT molecular complexity index is 538. The standard InChI is InChI=1S/C14H18N2O2S2/c1-10(9-17)8-15-13(18)6-7-19-14-16-11-4-2-3-5-12(11)20-14/h2-5,10,17H,6-9H2,1H3,(H,15,18). The van der Waals surface area contributed by atoms with E-state index < -0.39 is 0 Å². The van der Waals surface area contributed by atoms with Crippen molar-refractivity contribution in [3.05, 3.63) is 24.3 Å². The number of nitrogens with zero attached hydrogens (tertiary/aromatic N) is 1. The van der Waals surface area contributed by atoms with Gasteiger partial charge in [-0.3, -0.25) is 4.79 Å². The summed E-state index contributed by atoms with van der Waals surface area (Å²) < 4.78 is 2.18. The zero-order valence-electron chi connectivity index (χ0n) is 11.3. The molecule has 2 N–H and O–H groups in total. The number of rotatable bonds is 7. The van der Waals surface area contributed by atoms with Crippen molar-refractivity contribution in [1.29, 1.82) is 0 Å². The molecule has 4 nitrogen and oxygen atoms in total. The number of para-hydroxylation sites is 1. The summed E-state index contributed by atoms with van der Waals surface area (Å²) in [6.45, 7) is 2.53. The first-order chi connectivity index (χ1) is 9.69. The van der Waals surface area contributed by atoms with Gasteiger partial charge in [-0.1, -0.05) is 30.8 Å². The summed E-state index contributed by atoms with van der Waals surface area (Å²) in [7, 11) is 0. The highest BCUT2D eigenvalue weighted by molar-refractivity contribution is 8.01. The van der Waals surface area contributed by atoms with Crippen LogP contribution >= 0.6 is 23.1 Å². The fourth-order valence-electron chi connectivity index (χ4n) is 1.58. The topological polar surface area (TPSA) is 62.2 Å². The minimum absolute atomic E-state index is 0.0268. The Morgan fingerprint density at radius 2 is 2.30 bits per heavy atom. The van der Waals surface area contributed by atoms with Crippen LogP contribution in [0.4, 0.5) is 0 Å². The van der Waals surface area contributed by atoms with Crippen LogP contribution in [0, 0.1) is 5.92 Å². The van der Waals surface area contributed by atoms with Gasteiger partial charge in [-0.2, -0.15) is 0 Å². The molecule has 0 radical (unpaired) electrons. The molecular weight excluding hydrogens is 292 g/mol. The van der Waals surface area contributed by atoms with Crippen LogP contribution < -0.4 is 5.32 Å². The third kappa shape index (κ3) is 4.47. The Hall–Kier alpha value is -1.11. The average Bonchev–Trinajstić information content (AvgIpc) is 2.87. The summed E-state index contributed by atoms with van der Waals surface area (Å²) in [5.41, 5.74) is 1.02. The number of aliphatic hydroxyl groups excluding tert-OH is 1. The molecule has 0 spiro atoms. The highest BCUT2D eigenvalue weighted by atomic mass is 32.2. The molecule has 1 heterocycles. The Labute approximate surface area is 126 Å². The van der Waals surface area contributed by atoms with Crippen molar-refractivity contribution in [3.8, 4) is 0 Å². The molecule has 0 saturated heterocycles. The third-order valence-electron chi connectivity index (χ3n) is 2.79. The lowest BCUT2D eigenvalue weighted by Gasteiger charge is -2.08. The van der Waals surface area contributed by atoms with E-state index in [1.54, 1.807) is 23.1 Å². The van der Waals surface area contributed by atoms with Gasteiger partial charge in [0.1, 0.15) is 0 Å². The number of amides is 1. The zero-order chi connectivity index (χ0) is 14.4. The number of benzene rings is 1. The third-order valence-corrected chi connectivity index (χ3v) is 4.97. The molecule has 0 aliphatic rings. The van der Waals surface area contributed by atoms with E-state index in [1.807, 2.05) is 25.1 Å². The molecule has 0 bridgehead atoms. The van der Waals surface area contributed by atoms with Crippen molar-refractivity contribution >= 4 is 39.2 Å². The van der Waals surface area contributed by atoms with E-state index in [0.29, 0.717) is 13.0 Å². The highest BCUT2D eigenvalue weighted by Crippen LogP contribution is 2.29. The van der Waals surface area contributed by atoms with Gasteiger partial charge in [0.05, 0.1) is 10.2 Å². The number of thiazole rings is 1. The number of aromatic nitrogens is 1. The van der Waals surface area contributed by atoms with E-state index in [0.717, 1.165) is 15.6 Å². The number of aliphatic hydroxyl groups is 1. The summed E-state index contributed by atoms with van der Waals surface area (Å²) in [4.78, 5) is 16.1. The van der Waals surface area contributed by atoms with Gasteiger partial charge in [-0.15, -0.1) is 11.3 Å². The van der Waals surface area contributed by atoms with Crippen molar-refractivity contribution < 1.29 is 9.90 Å². The number of carbonyl (C=O) groups excluding carboxylic acids is 1. The number of hydrogen-bond acceptors (Lipinski definition) is 5. The lowest BCUT2D eigenvalue weighted by molar-refractivity contribution is -0.120. The van der Waals surface area contributed by atoms with Gasteiger partial charge in [0.25, 0.3) is 0 Å². The lowest BCUT2D eigenvalue weighted by atomic mass is 10.2.